The minimum absolute atomic E-state index is 0.103. The number of nitrogens with zero attached hydrogens (tertiary/aromatic N) is 1. The summed E-state index contributed by atoms with van der Waals surface area (Å²) in [4.78, 5) is 25.4. The first kappa shape index (κ1) is 16.7. The zero-order valence-corrected chi connectivity index (χ0v) is 14.2. The van der Waals surface area contributed by atoms with E-state index in [9.17, 15) is 18.0 Å². The smallest absolute Gasteiger partial charge is 0.308 e. The van der Waals surface area contributed by atoms with Crippen LogP contribution in [0.3, 0.4) is 0 Å². The molecular weight excluding hydrogens is 350 g/mol. The second kappa shape index (κ2) is 6.37. The molecule has 1 aromatic carbocycles. The lowest BCUT2D eigenvalue weighted by molar-refractivity contribution is -0.141. The summed E-state index contributed by atoms with van der Waals surface area (Å²) in [5.74, 6) is -1.79. The van der Waals surface area contributed by atoms with E-state index >= 15 is 0 Å². The Labute approximate surface area is 143 Å². The second-order valence-corrected chi connectivity index (χ2v) is 8.77. The van der Waals surface area contributed by atoms with Crippen LogP contribution >= 0.6 is 11.3 Å². The molecule has 1 N–H and O–H groups in total. The molecule has 2 aromatic rings. The van der Waals surface area contributed by atoms with Crippen molar-refractivity contribution >= 4 is 33.1 Å². The molecule has 0 spiro atoms. The predicted octanol–water partition coefficient (Wildman–Crippen LogP) is 2.13. The van der Waals surface area contributed by atoms with Gasteiger partial charge in [-0.1, -0.05) is 18.2 Å². The van der Waals surface area contributed by atoms with Crippen LogP contribution in [0.25, 0.3) is 0 Å². The second-order valence-electron chi connectivity index (χ2n) is 5.51. The van der Waals surface area contributed by atoms with Gasteiger partial charge in [0.25, 0.3) is 5.91 Å². The van der Waals surface area contributed by atoms with E-state index in [4.69, 9.17) is 5.11 Å². The van der Waals surface area contributed by atoms with Gasteiger partial charge in [0.05, 0.1) is 15.7 Å². The predicted molar refractivity (Wildman–Crippen MR) is 87.9 cm³/mol. The Morgan fingerprint density at radius 1 is 1.12 bits per heavy atom. The number of hydrogen-bond donors (Lipinski definition) is 1. The van der Waals surface area contributed by atoms with Crippen molar-refractivity contribution in [2.24, 2.45) is 5.92 Å². The van der Waals surface area contributed by atoms with Crippen LogP contribution in [0.2, 0.25) is 0 Å². The molecule has 126 valence electrons. The standard InChI is InChI=1S/C16H15NO5S2/c18-15(17-9-8-11(10-17)16(19)20)13-6-7-14(23-13)24(21,22)12-4-2-1-3-5-12/h1-7,11H,8-10H2,(H,19,20). The summed E-state index contributed by atoms with van der Waals surface area (Å²) >= 11 is 0.913. The van der Waals surface area contributed by atoms with Crippen molar-refractivity contribution in [1.29, 1.82) is 0 Å². The van der Waals surface area contributed by atoms with Crippen molar-refractivity contribution in [2.75, 3.05) is 13.1 Å². The average Bonchev–Trinajstić information content (AvgIpc) is 3.25. The Bertz CT molecular complexity index is 873. The van der Waals surface area contributed by atoms with Crippen molar-refractivity contribution in [3.05, 3.63) is 47.3 Å². The van der Waals surface area contributed by atoms with Crippen LogP contribution in [-0.4, -0.2) is 43.4 Å². The molecule has 1 amide bonds. The SMILES string of the molecule is O=C(O)C1CCN(C(=O)c2ccc(S(=O)(=O)c3ccccc3)s2)C1. The fourth-order valence-corrected chi connectivity index (χ4v) is 5.29. The van der Waals surface area contributed by atoms with Crippen molar-refractivity contribution in [2.45, 2.75) is 15.5 Å². The zero-order valence-electron chi connectivity index (χ0n) is 12.6. The lowest BCUT2D eigenvalue weighted by Crippen LogP contribution is -2.29. The highest BCUT2D eigenvalue weighted by molar-refractivity contribution is 7.93. The maximum Gasteiger partial charge on any atom is 0.308 e. The number of aliphatic carboxylic acids is 1. The highest BCUT2D eigenvalue weighted by atomic mass is 32.2. The molecule has 1 saturated heterocycles. The number of benzene rings is 1. The van der Waals surface area contributed by atoms with Gasteiger partial charge >= 0.3 is 5.97 Å². The van der Waals surface area contributed by atoms with Crippen LogP contribution in [0.1, 0.15) is 16.1 Å². The largest absolute Gasteiger partial charge is 0.481 e. The summed E-state index contributed by atoms with van der Waals surface area (Å²) in [5, 5.41) is 9.01. The summed E-state index contributed by atoms with van der Waals surface area (Å²) in [5.41, 5.74) is 0. The minimum Gasteiger partial charge on any atom is -0.481 e. The number of carboxylic acids is 1. The quantitative estimate of drug-likeness (QED) is 0.896. The van der Waals surface area contributed by atoms with E-state index in [1.807, 2.05) is 0 Å². The van der Waals surface area contributed by atoms with E-state index in [-0.39, 0.29) is 21.6 Å². The third kappa shape index (κ3) is 3.07. The van der Waals surface area contributed by atoms with Gasteiger partial charge in [0.1, 0.15) is 4.21 Å². The van der Waals surface area contributed by atoms with Gasteiger partial charge < -0.3 is 10.0 Å². The summed E-state index contributed by atoms with van der Waals surface area (Å²) in [6.45, 7) is 0.529. The number of sulfone groups is 1. The number of hydrogen-bond acceptors (Lipinski definition) is 5. The summed E-state index contributed by atoms with van der Waals surface area (Å²) < 4.78 is 25.2. The van der Waals surface area contributed by atoms with E-state index < -0.39 is 21.7 Å². The summed E-state index contributed by atoms with van der Waals surface area (Å²) in [6.07, 6.45) is 0.418. The molecule has 1 aromatic heterocycles. The van der Waals surface area contributed by atoms with Gasteiger partial charge in [-0.15, -0.1) is 11.3 Å². The van der Waals surface area contributed by atoms with E-state index in [0.717, 1.165) is 11.3 Å². The molecule has 1 atom stereocenters. The molecule has 0 saturated carbocycles. The number of carbonyl (C=O) groups is 2. The van der Waals surface area contributed by atoms with Crippen molar-refractivity contribution in [1.82, 2.24) is 4.90 Å². The number of carbonyl (C=O) groups excluding carboxylic acids is 1. The van der Waals surface area contributed by atoms with Crippen LogP contribution in [0.5, 0.6) is 0 Å². The summed E-state index contributed by atoms with van der Waals surface area (Å²) in [7, 11) is -3.65. The molecule has 6 nitrogen and oxygen atoms in total. The maximum atomic E-state index is 12.5. The van der Waals surface area contributed by atoms with E-state index in [2.05, 4.69) is 0 Å². The van der Waals surface area contributed by atoms with E-state index in [0.29, 0.717) is 17.8 Å². The molecule has 0 aliphatic carbocycles. The number of rotatable bonds is 4. The lowest BCUT2D eigenvalue weighted by Gasteiger charge is -2.14. The summed E-state index contributed by atoms with van der Waals surface area (Å²) in [6, 6.07) is 10.9. The van der Waals surface area contributed by atoms with Gasteiger partial charge in [0.15, 0.2) is 0 Å². The first-order chi connectivity index (χ1) is 11.4. The lowest BCUT2D eigenvalue weighted by atomic mass is 10.1. The molecule has 1 aliphatic heterocycles. The Morgan fingerprint density at radius 3 is 2.46 bits per heavy atom. The molecule has 2 heterocycles. The molecular formula is C16H15NO5S2. The Balaban J connectivity index is 1.81. The third-order valence-corrected chi connectivity index (χ3v) is 7.27. The van der Waals surface area contributed by atoms with Gasteiger partial charge in [-0.25, -0.2) is 8.42 Å². The minimum atomic E-state index is -3.65. The molecule has 1 aliphatic rings. The number of thiophene rings is 1. The van der Waals surface area contributed by atoms with E-state index in [1.54, 1.807) is 18.2 Å². The third-order valence-electron chi connectivity index (χ3n) is 3.94. The monoisotopic (exact) mass is 365 g/mol. The fourth-order valence-electron chi connectivity index (χ4n) is 2.60. The number of carboxylic acid groups (broad SMARTS) is 1. The molecule has 0 radical (unpaired) electrons. The zero-order chi connectivity index (χ0) is 17.3. The van der Waals surface area contributed by atoms with Crippen molar-refractivity contribution in [3.63, 3.8) is 0 Å². The van der Waals surface area contributed by atoms with Crippen LogP contribution in [0.4, 0.5) is 0 Å². The molecule has 0 bridgehead atoms. The number of likely N-dealkylation sites (tertiary alicyclic amines) is 1. The number of amides is 1. The Hall–Kier alpha value is -2.19. The van der Waals surface area contributed by atoms with Crippen LogP contribution in [0.15, 0.2) is 51.6 Å². The molecule has 1 unspecified atom stereocenters. The van der Waals surface area contributed by atoms with Crippen LogP contribution < -0.4 is 0 Å². The topological polar surface area (TPSA) is 91.8 Å². The average molecular weight is 365 g/mol. The van der Waals surface area contributed by atoms with Gasteiger partial charge in [-0.2, -0.15) is 0 Å². The van der Waals surface area contributed by atoms with Crippen molar-refractivity contribution in [3.8, 4) is 0 Å². The highest BCUT2D eigenvalue weighted by Gasteiger charge is 2.32. The fraction of sp³-hybridized carbons (Fsp3) is 0.250. The first-order valence-electron chi connectivity index (χ1n) is 7.31. The van der Waals surface area contributed by atoms with Crippen LogP contribution in [0, 0.1) is 5.92 Å². The van der Waals surface area contributed by atoms with Gasteiger partial charge in [-0.3, -0.25) is 9.59 Å². The molecule has 1 fully saturated rings. The Morgan fingerprint density at radius 2 is 1.83 bits per heavy atom. The molecule has 3 rings (SSSR count). The highest BCUT2D eigenvalue weighted by Crippen LogP contribution is 2.29. The molecule has 8 heteroatoms. The van der Waals surface area contributed by atoms with Gasteiger partial charge in [0, 0.05) is 13.1 Å². The normalized spacial score (nSPS) is 17.8. The molecule has 24 heavy (non-hydrogen) atoms. The van der Waals surface area contributed by atoms with Gasteiger partial charge in [0.2, 0.25) is 9.84 Å². The van der Waals surface area contributed by atoms with Gasteiger partial charge in [-0.05, 0) is 30.7 Å². The maximum absolute atomic E-state index is 12.5. The van der Waals surface area contributed by atoms with Crippen LogP contribution in [-0.2, 0) is 14.6 Å². The Kier molecular flexibility index (Phi) is 4.42. The first-order valence-corrected chi connectivity index (χ1v) is 9.61. The van der Waals surface area contributed by atoms with E-state index in [1.165, 1.54) is 29.2 Å². The van der Waals surface area contributed by atoms with Crippen molar-refractivity contribution < 1.29 is 23.1 Å².